The Morgan fingerprint density at radius 3 is 2.52 bits per heavy atom. The molecule has 1 N–H and O–H groups in total. The third-order valence-electron chi connectivity index (χ3n) is 4.65. The molecule has 0 saturated carbocycles. The van der Waals surface area contributed by atoms with Crippen LogP contribution in [0.2, 0.25) is 0 Å². The molecule has 126 valence electrons. The first-order valence-corrected chi connectivity index (χ1v) is 8.29. The summed E-state index contributed by atoms with van der Waals surface area (Å²) in [5.41, 5.74) is 2.57. The lowest BCUT2D eigenvalue weighted by Crippen LogP contribution is -2.34. The topological polar surface area (TPSA) is 33.1 Å². The van der Waals surface area contributed by atoms with Crippen LogP contribution in [0.25, 0.3) is 5.69 Å². The van der Waals surface area contributed by atoms with Crippen LogP contribution in [-0.2, 0) is 6.54 Å². The molecule has 0 aliphatic carbocycles. The molecule has 0 amide bonds. The number of hydrogen-bond donors (Lipinski definition) is 1. The number of hydrogen-bond acceptors (Lipinski definition) is 3. The summed E-state index contributed by atoms with van der Waals surface area (Å²) in [5.74, 6) is 0.910. The van der Waals surface area contributed by atoms with E-state index >= 15 is 0 Å². The smallest absolute Gasteiger partial charge is 0.0991 e. The maximum Gasteiger partial charge on any atom is 0.0991 e. The normalized spacial score (nSPS) is 16.2. The van der Waals surface area contributed by atoms with Gasteiger partial charge >= 0.3 is 0 Å². The highest BCUT2D eigenvalue weighted by Gasteiger charge is 2.18. The Bertz CT molecular complexity index is 545. The van der Waals surface area contributed by atoms with Crippen LogP contribution in [0.5, 0.6) is 0 Å². The van der Waals surface area contributed by atoms with E-state index in [2.05, 4.69) is 39.5 Å². The second-order valence-electron chi connectivity index (χ2n) is 6.25. The van der Waals surface area contributed by atoms with Crippen molar-refractivity contribution in [3.8, 4) is 5.69 Å². The van der Waals surface area contributed by atoms with Gasteiger partial charge in [0, 0.05) is 24.6 Å². The van der Waals surface area contributed by atoms with Gasteiger partial charge in [-0.1, -0.05) is 12.1 Å². The zero-order chi connectivity index (χ0) is 15.2. The van der Waals surface area contributed by atoms with Crippen LogP contribution >= 0.6 is 12.4 Å². The molecule has 0 unspecified atom stereocenters. The molecule has 1 fully saturated rings. The van der Waals surface area contributed by atoms with Crippen LogP contribution in [-0.4, -0.2) is 41.1 Å². The average Bonchev–Trinajstić information content (AvgIpc) is 3.09. The van der Waals surface area contributed by atoms with Crippen LogP contribution in [0.4, 0.5) is 0 Å². The summed E-state index contributed by atoms with van der Waals surface area (Å²) in [5, 5.41) is 3.26. The van der Waals surface area contributed by atoms with Crippen molar-refractivity contribution < 1.29 is 0 Å². The Balaban J connectivity index is 0.00000192. The Morgan fingerprint density at radius 1 is 1.17 bits per heavy atom. The van der Waals surface area contributed by atoms with Crippen molar-refractivity contribution in [2.24, 2.45) is 5.92 Å². The zero-order valence-electron chi connectivity index (χ0n) is 13.8. The van der Waals surface area contributed by atoms with Crippen molar-refractivity contribution in [3.63, 3.8) is 0 Å². The molecule has 1 saturated heterocycles. The van der Waals surface area contributed by atoms with Gasteiger partial charge in [0.05, 0.1) is 6.33 Å². The van der Waals surface area contributed by atoms with Crippen molar-refractivity contribution in [1.82, 2.24) is 19.8 Å². The molecule has 5 heteroatoms. The molecular formula is C18H27ClN4. The Morgan fingerprint density at radius 2 is 1.91 bits per heavy atom. The fraction of sp³-hybridized carbons (Fsp3) is 0.500. The van der Waals surface area contributed by atoms with E-state index in [0.717, 1.165) is 19.0 Å². The van der Waals surface area contributed by atoms with Gasteiger partial charge in [-0.2, -0.15) is 0 Å². The van der Waals surface area contributed by atoms with E-state index in [1.165, 1.54) is 43.6 Å². The van der Waals surface area contributed by atoms with Crippen LogP contribution < -0.4 is 5.32 Å². The van der Waals surface area contributed by atoms with Crippen molar-refractivity contribution >= 4 is 12.4 Å². The van der Waals surface area contributed by atoms with Crippen molar-refractivity contribution in [2.75, 3.05) is 26.7 Å². The predicted molar refractivity (Wildman–Crippen MR) is 97.4 cm³/mol. The SMILES string of the molecule is CNCCC1CCN(Cc2ccc(-n3ccnc3)cc2)CC1.Cl. The van der Waals surface area contributed by atoms with E-state index in [-0.39, 0.29) is 12.4 Å². The van der Waals surface area contributed by atoms with E-state index in [9.17, 15) is 0 Å². The molecule has 2 aromatic rings. The monoisotopic (exact) mass is 334 g/mol. The number of piperidine rings is 1. The van der Waals surface area contributed by atoms with Crippen LogP contribution in [0.15, 0.2) is 43.0 Å². The largest absolute Gasteiger partial charge is 0.320 e. The number of imidazole rings is 1. The summed E-state index contributed by atoms with van der Waals surface area (Å²) < 4.78 is 2.04. The van der Waals surface area contributed by atoms with E-state index in [1.54, 1.807) is 0 Å². The molecule has 0 bridgehead atoms. The first kappa shape index (κ1) is 18.0. The van der Waals surface area contributed by atoms with Crippen LogP contribution in [0.3, 0.4) is 0 Å². The second-order valence-corrected chi connectivity index (χ2v) is 6.25. The Kier molecular flexibility index (Phi) is 7.09. The van der Waals surface area contributed by atoms with Gasteiger partial charge in [0.15, 0.2) is 0 Å². The summed E-state index contributed by atoms with van der Waals surface area (Å²) in [7, 11) is 2.04. The van der Waals surface area contributed by atoms with Gasteiger partial charge in [-0.25, -0.2) is 4.98 Å². The molecule has 0 atom stereocenters. The molecule has 4 nitrogen and oxygen atoms in total. The molecule has 1 aromatic carbocycles. The van der Waals surface area contributed by atoms with Gasteiger partial charge in [-0.15, -0.1) is 12.4 Å². The molecular weight excluding hydrogens is 308 g/mol. The van der Waals surface area contributed by atoms with E-state index < -0.39 is 0 Å². The van der Waals surface area contributed by atoms with Gasteiger partial charge < -0.3 is 9.88 Å². The lowest BCUT2D eigenvalue weighted by atomic mass is 9.93. The standard InChI is InChI=1S/C18H26N4.ClH/c1-19-9-6-16-7-11-21(12-8-16)14-17-2-4-18(5-3-17)22-13-10-20-15-22;/h2-5,10,13,15-16,19H,6-9,11-12,14H2,1H3;1H. The second kappa shape index (κ2) is 9.06. The maximum atomic E-state index is 4.09. The van der Waals surface area contributed by atoms with Crippen LogP contribution in [0.1, 0.15) is 24.8 Å². The van der Waals surface area contributed by atoms with Gasteiger partial charge in [0.25, 0.3) is 0 Å². The van der Waals surface area contributed by atoms with E-state index in [0.29, 0.717) is 0 Å². The summed E-state index contributed by atoms with van der Waals surface area (Å²) in [6.45, 7) is 4.69. The van der Waals surface area contributed by atoms with Crippen LogP contribution in [0, 0.1) is 5.92 Å². The first-order chi connectivity index (χ1) is 10.8. The summed E-state index contributed by atoms with van der Waals surface area (Å²) in [6.07, 6.45) is 9.63. The molecule has 2 heterocycles. The van der Waals surface area contributed by atoms with E-state index in [1.807, 2.05) is 30.3 Å². The average molecular weight is 335 g/mol. The number of rotatable bonds is 6. The molecule has 1 aliphatic heterocycles. The lowest BCUT2D eigenvalue weighted by Gasteiger charge is -2.32. The highest BCUT2D eigenvalue weighted by Crippen LogP contribution is 2.21. The first-order valence-electron chi connectivity index (χ1n) is 8.29. The third-order valence-corrected chi connectivity index (χ3v) is 4.65. The minimum atomic E-state index is 0. The molecule has 0 spiro atoms. The van der Waals surface area contributed by atoms with Crippen molar-refractivity contribution in [2.45, 2.75) is 25.8 Å². The molecule has 0 radical (unpaired) electrons. The molecule has 3 rings (SSSR count). The highest BCUT2D eigenvalue weighted by molar-refractivity contribution is 5.85. The number of nitrogens with zero attached hydrogens (tertiary/aromatic N) is 3. The lowest BCUT2D eigenvalue weighted by molar-refractivity contribution is 0.172. The number of halogens is 1. The van der Waals surface area contributed by atoms with E-state index in [4.69, 9.17) is 0 Å². The van der Waals surface area contributed by atoms with Gasteiger partial charge in [0.2, 0.25) is 0 Å². The maximum absolute atomic E-state index is 4.09. The number of likely N-dealkylation sites (tertiary alicyclic amines) is 1. The van der Waals surface area contributed by atoms with Crippen molar-refractivity contribution in [3.05, 3.63) is 48.5 Å². The molecule has 23 heavy (non-hydrogen) atoms. The Labute approximate surface area is 145 Å². The Hall–Kier alpha value is -1.36. The fourth-order valence-corrected chi connectivity index (χ4v) is 3.23. The number of nitrogens with one attached hydrogen (secondary N) is 1. The minimum Gasteiger partial charge on any atom is -0.320 e. The molecule has 1 aliphatic rings. The quantitative estimate of drug-likeness (QED) is 0.881. The van der Waals surface area contributed by atoms with Gasteiger partial charge in [-0.3, -0.25) is 4.90 Å². The minimum absolute atomic E-state index is 0. The van der Waals surface area contributed by atoms with Crippen molar-refractivity contribution in [1.29, 1.82) is 0 Å². The predicted octanol–water partition coefficient (Wildman–Crippen LogP) is 3.12. The van der Waals surface area contributed by atoms with Gasteiger partial charge in [0.1, 0.15) is 0 Å². The molecule has 1 aromatic heterocycles. The highest BCUT2D eigenvalue weighted by atomic mass is 35.5. The summed E-state index contributed by atoms with van der Waals surface area (Å²) in [4.78, 5) is 6.68. The number of aromatic nitrogens is 2. The summed E-state index contributed by atoms with van der Waals surface area (Å²) >= 11 is 0. The fourth-order valence-electron chi connectivity index (χ4n) is 3.23. The van der Waals surface area contributed by atoms with Gasteiger partial charge in [-0.05, 0) is 69.6 Å². The number of benzene rings is 1. The zero-order valence-corrected chi connectivity index (χ0v) is 14.6. The summed E-state index contributed by atoms with van der Waals surface area (Å²) in [6, 6.07) is 8.83. The third kappa shape index (κ3) is 5.06.